The molecule has 1 aromatic heterocycles. The largest absolute Gasteiger partial charge is 0.435 e. The topological polar surface area (TPSA) is 122 Å². The number of carbonyl (C=O) groups excluding carboxylic acids is 3. The standard InChI is InChI=1S/C19H24BrN5O4/c1-11(23-17(27)16(26)21-2)10-12-5-7-19(8-6-12)15(24-25-18(28)29-19)14-13(20)4-3-9-22-14/h3-4,9,11-12H,5-8,10H2,1-2H3,(H,21,26)(H,23,27)(H,25,28)/t11-,12?,19?/m0/s1. The molecule has 0 radical (unpaired) electrons. The van der Waals surface area contributed by atoms with Gasteiger partial charge in [0.2, 0.25) is 0 Å². The van der Waals surface area contributed by atoms with Gasteiger partial charge in [0.15, 0.2) is 5.60 Å². The molecule has 3 N–H and O–H groups in total. The maximum absolute atomic E-state index is 11.9. The van der Waals surface area contributed by atoms with E-state index < -0.39 is 23.5 Å². The molecular formula is C19H24BrN5O4. The average Bonchev–Trinajstić information content (AvgIpc) is 2.70. The van der Waals surface area contributed by atoms with E-state index >= 15 is 0 Å². The molecule has 0 unspecified atom stereocenters. The molecule has 3 amide bonds. The third-order valence-corrected chi connectivity index (χ3v) is 6.01. The molecule has 1 atom stereocenters. The number of halogens is 1. The molecule has 0 saturated heterocycles. The Morgan fingerprint density at radius 1 is 1.38 bits per heavy atom. The van der Waals surface area contributed by atoms with Crippen LogP contribution in [-0.4, -0.2) is 47.3 Å². The van der Waals surface area contributed by atoms with Crippen molar-refractivity contribution in [3.05, 3.63) is 28.5 Å². The molecule has 9 nitrogen and oxygen atoms in total. The Morgan fingerprint density at radius 3 is 2.76 bits per heavy atom. The second-order valence-corrected chi connectivity index (χ2v) is 8.28. The second kappa shape index (κ2) is 8.89. The molecule has 156 valence electrons. The van der Waals surface area contributed by atoms with Gasteiger partial charge in [-0.15, -0.1) is 0 Å². The number of hydrogen-bond acceptors (Lipinski definition) is 6. The first-order chi connectivity index (χ1) is 13.8. The summed E-state index contributed by atoms with van der Waals surface area (Å²) in [6, 6.07) is 3.55. The van der Waals surface area contributed by atoms with Gasteiger partial charge in [-0.3, -0.25) is 14.6 Å². The number of amides is 3. The lowest BCUT2D eigenvalue weighted by molar-refractivity contribution is -0.139. The minimum absolute atomic E-state index is 0.132. The van der Waals surface area contributed by atoms with Gasteiger partial charge in [0.25, 0.3) is 0 Å². The first-order valence-corrected chi connectivity index (χ1v) is 10.3. The molecule has 2 heterocycles. The van der Waals surface area contributed by atoms with E-state index in [2.05, 4.69) is 42.1 Å². The van der Waals surface area contributed by atoms with E-state index in [-0.39, 0.29) is 6.04 Å². The molecule has 1 fully saturated rings. The first-order valence-electron chi connectivity index (χ1n) is 9.55. The lowest BCUT2D eigenvalue weighted by Gasteiger charge is -2.42. The summed E-state index contributed by atoms with van der Waals surface area (Å²) in [4.78, 5) is 39.4. The van der Waals surface area contributed by atoms with Crippen molar-refractivity contribution in [2.24, 2.45) is 11.0 Å². The van der Waals surface area contributed by atoms with Crippen LogP contribution in [0.1, 0.15) is 44.7 Å². The van der Waals surface area contributed by atoms with Crippen LogP contribution >= 0.6 is 15.9 Å². The predicted molar refractivity (Wildman–Crippen MR) is 109 cm³/mol. The zero-order chi connectivity index (χ0) is 21.0. The number of hydrazone groups is 1. The Bertz CT molecular complexity index is 836. The molecule has 1 aliphatic carbocycles. The van der Waals surface area contributed by atoms with Crippen molar-refractivity contribution >= 4 is 39.5 Å². The van der Waals surface area contributed by atoms with Gasteiger partial charge < -0.3 is 15.4 Å². The highest BCUT2D eigenvalue weighted by Gasteiger charge is 2.47. The van der Waals surface area contributed by atoms with Crippen LogP contribution in [0.3, 0.4) is 0 Å². The van der Waals surface area contributed by atoms with Crippen LogP contribution in [0.15, 0.2) is 27.9 Å². The van der Waals surface area contributed by atoms with Crippen molar-refractivity contribution in [3.63, 3.8) is 0 Å². The van der Waals surface area contributed by atoms with Gasteiger partial charge in [-0.05, 0) is 73.0 Å². The quantitative estimate of drug-likeness (QED) is 0.585. The number of ether oxygens (including phenoxy) is 1. The number of nitrogens with one attached hydrogen (secondary N) is 3. The zero-order valence-electron chi connectivity index (χ0n) is 16.3. The fourth-order valence-electron chi connectivity index (χ4n) is 3.96. The van der Waals surface area contributed by atoms with Crippen LogP contribution in [0.5, 0.6) is 0 Å². The molecule has 2 aliphatic rings. The maximum atomic E-state index is 11.9. The number of rotatable bonds is 4. The smallest absolute Gasteiger partial charge is 0.428 e. The van der Waals surface area contributed by atoms with E-state index in [1.807, 2.05) is 19.1 Å². The van der Waals surface area contributed by atoms with E-state index in [1.54, 1.807) is 6.20 Å². The summed E-state index contributed by atoms with van der Waals surface area (Å²) >= 11 is 3.50. The minimum atomic E-state index is -0.815. The van der Waals surface area contributed by atoms with Gasteiger partial charge in [-0.2, -0.15) is 5.10 Å². The highest BCUT2D eigenvalue weighted by molar-refractivity contribution is 9.10. The SMILES string of the molecule is CNC(=O)C(=O)N[C@@H](C)CC1CCC2(CC1)OC(=O)NN=C2c1ncccc1Br. The van der Waals surface area contributed by atoms with Crippen molar-refractivity contribution in [2.75, 3.05) is 7.05 Å². The Balaban J connectivity index is 1.67. The summed E-state index contributed by atoms with van der Waals surface area (Å²) in [6.07, 6.45) is 4.69. The fraction of sp³-hybridized carbons (Fsp3) is 0.526. The highest BCUT2D eigenvalue weighted by atomic mass is 79.9. The Labute approximate surface area is 177 Å². The molecule has 1 aromatic rings. The molecule has 0 bridgehead atoms. The lowest BCUT2D eigenvalue weighted by Crippen LogP contribution is -2.53. The van der Waals surface area contributed by atoms with E-state index in [0.29, 0.717) is 30.2 Å². The molecule has 1 spiro atoms. The maximum Gasteiger partial charge on any atom is 0.428 e. The summed E-state index contributed by atoms with van der Waals surface area (Å²) < 4.78 is 6.52. The molecule has 10 heteroatoms. The first kappa shape index (κ1) is 21.2. The summed E-state index contributed by atoms with van der Waals surface area (Å²) in [7, 11) is 1.42. The van der Waals surface area contributed by atoms with Gasteiger partial charge in [-0.1, -0.05) is 0 Å². The average molecular weight is 466 g/mol. The van der Waals surface area contributed by atoms with Gasteiger partial charge in [0.05, 0.1) is 0 Å². The van der Waals surface area contributed by atoms with Crippen molar-refractivity contribution in [3.8, 4) is 0 Å². The minimum Gasteiger partial charge on any atom is -0.435 e. The van der Waals surface area contributed by atoms with Gasteiger partial charge in [-0.25, -0.2) is 10.2 Å². The van der Waals surface area contributed by atoms with Crippen molar-refractivity contribution in [1.82, 2.24) is 21.0 Å². The Kier molecular flexibility index (Phi) is 6.51. The Morgan fingerprint density at radius 2 is 2.10 bits per heavy atom. The van der Waals surface area contributed by atoms with E-state index in [9.17, 15) is 14.4 Å². The number of likely N-dealkylation sites (N-methyl/N-ethyl adjacent to an activating group) is 1. The lowest BCUT2D eigenvalue weighted by atomic mass is 9.73. The summed E-state index contributed by atoms with van der Waals surface area (Å²) in [6.45, 7) is 1.88. The Hall–Kier alpha value is -2.49. The molecule has 0 aromatic carbocycles. The molecular weight excluding hydrogens is 442 g/mol. The number of carbonyl (C=O) groups is 3. The van der Waals surface area contributed by atoms with Crippen LogP contribution in [0, 0.1) is 5.92 Å². The summed E-state index contributed by atoms with van der Waals surface area (Å²) in [5, 5.41) is 9.30. The number of nitrogens with zero attached hydrogens (tertiary/aromatic N) is 2. The van der Waals surface area contributed by atoms with Crippen LogP contribution in [-0.2, 0) is 14.3 Å². The zero-order valence-corrected chi connectivity index (χ0v) is 17.9. The number of aromatic nitrogens is 1. The van der Waals surface area contributed by atoms with Crippen molar-refractivity contribution < 1.29 is 19.1 Å². The third kappa shape index (κ3) is 4.75. The van der Waals surface area contributed by atoms with Crippen LogP contribution in [0.2, 0.25) is 0 Å². The monoisotopic (exact) mass is 465 g/mol. The summed E-state index contributed by atoms with van der Waals surface area (Å²) in [5.74, 6) is -0.945. The molecule has 3 rings (SSSR count). The van der Waals surface area contributed by atoms with E-state index in [1.165, 1.54) is 7.05 Å². The molecule has 29 heavy (non-hydrogen) atoms. The van der Waals surface area contributed by atoms with Crippen molar-refractivity contribution in [1.29, 1.82) is 0 Å². The normalized spacial score (nSPS) is 24.7. The van der Waals surface area contributed by atoms with Crippen LogP contribution in [0.4, 0.5) is 4.79 Å². The number of pyridine rings is 1. The predicted octanol–water partition coefficient (Wildman–Crippen LogP) is 1.86. The number of hydrogen-bond donors (Lipinski definition) is 3. The molecule has 1 aliphatic heterocycles. The summed E-state index contributed by atoms with van der Waals surface area (Å²) in [5.41, 5.74) is 2.84. The van der Waals surface area contributed by atoms with Gasteiger partial charge in [0.1, 0.15) is 11.4 Å². The van der Waals surface area contributed by atoms with Gasteiger partial charge in [0, 0.05) is 23.8 Å². The fourth-order valence-corrected chi connectivity index (χ4v) is 4.40. The van der Waals surface area contributed by atoms with Crippen molar-refractivity contribution in [2.45, 2.75) is 50.7 Å². The van der Waals surface area contributed by atoms with Gasteiger partial charge >= 0.3 is 17.9 Å². The third-order valence-electron chi connectivity index (χ3n) is 5.37. The van der Waals surface area contributed by atoms with Crippen LogP contribution < -0.4 is 16.1 Å². The van der Waals surface area contributed by atoms with E-state index in [4.69, 9.17) is 4.74 Å². The van der Waals surface area contributed by atoms with E-state index in [0.717, 1.165) is 23.7 Å². The highest BCUT2D eigenvalue weighted by Crippen LogP contribution is 2.41. The second-order valence-electron chi connectivity index (χ2n) is 7.42. The molecule has 1 saturated carbocycles. The van der Waals surface area contributed by atoms with Crippen LogP contribution in [0.25, 0.3) is 0 Å².